The lowest BCUT2D eigenvalue weighted by atomic mass is 9.99. The number of benzene rings is 2. The van der Waals surface area contributed by atoms with Crippen LogP contribution >= 0.6 is 0 Å². The average molecular weight is 436 g/mol. The number of nitrogens with zero attached hydrogens (tertiary/aromatic N) is 1. The number of carbonyl (C=O) groups excluding carboxylic acids is 2. The van der Waals surface area contributed by atoms with Gasteiger partial charge in [-0.05, 0) is 61.2 Å². The van der Waals surface area contributed by atoms with Gasteiger partial charge in [-0.25, -0.2) is 0 Å². The molecule has 1 aromatic heterocycles. The van der Waals surface area contributed by atoms with Crippen LogP contribution in [0, 0.1) is 5.92 Å². The summed E-state index contributed by atoms with van der Waals surface area (Å²) in [7, 11) is 1.61. The number of amides is 2. The second-order valence-electron chi connectivity index (χ2n) is 8.72. The van der Waals surface area contributed by atoms with Gasteiger partial charge < -0.3 is 19.9 Å². The van der Waals surface area contributed by atoms with Crippen molar-refractivity contribution in [2.75, 3.05) is 12.0 Å². The molecule has 0 aliphatic heterocycles. The van der Waals surface area contributed by atoms with Gasteiger partial charge in [-0.15, -0.1) is 0 Å². The average Bonchev–Trinajstić information content (AvgIpc) is 3.20. The lowest BCUT2D eigenvalue weighted by Crippen LogP contribution is -2.41. The van der Waals surface area contributed by atoms with Crippen LogP contribution in [0.3, 0.4) is 0 Å². The van der Waals surface area contributed by atoms with Gasteiger partial charge in [0.05, 0.1) is 19.6 Å². The monoisotopic (exact) mass is 435 g/mol. The van der Waals surface area contributed by atoms with E-state index in [9.17, 15) is 9.59 Å². The van der Waals surface area contributed by atoms with Gasteiger partial charge in [-0.2, -0.15) is 0 Å². The maximum absolute atomic E-state index is 13.7. The van der Waals surface area contributed by atoms with E-state index in [0.717, 1.165) is 34.3 Å². The number of anilines is 1. The third-order valence-corrected chi connectivity index (χ3v) is 5.61. The molecule has 2 aromatic carbocycles. The highest BCUT2D eigenvalue weighted by Crippen LogP contribution is 2.28. The Bertz CT molecular complexity index is 1060. The van der Waals surface area contributed by atoms with Crippen molar-refractivity contribution in [2.45, 2.75) is 52.6 Å². The van der Waals surface area contributed by atoms with Crippen LogP contribution in [-0.4, -0.2) is 29.9 Å². The van der Waals surface area contributed by atoms with Crippen LogP contribution in [0.15, 0.2) is 54.7 Å². The molecule has 0 saturated carbocycles. The fraction of sp³-hybridized carbons (Fsp3) is 0.385. The van der Waals surface area contributed by atoms with E-state index in [1.165, 1.54) is 6.92 Å². The normalized spacial score (nSPS) is 13.1. The number of fused-ring (bicyclic) bond motifs is 1. The summed E-state index contributed by atoms with van der Waals surface area (Å²) in [5.41, 5.74) is 2.77. The summed E-state index contributed by atoms with van der Waals surface area (Å²) in [4.78, 5) is 30.7. The van der Waals surface area contributed by atoms with Crippen molar-refractivity contribution in [1.82, 2.24) is 10.3 Å². The Morgan fingerprint density at radius 2 is 1.78 bits per heavy atom. The predicted octanol–water partition coefficient (Wildman–Crippen LogP) is 5.21. The van der Waals surface area contributed by atoms with Crippen LogP contribution in [0.5, 0.6) is 5.75 Å². The summed E-state index contributed by atoms with van der Waals surface area (Å²) < 4.78 is 5.24. The molecule has 170 valence electrons. The van der Waals surface area contributed by atoms with Crippen molar-refractivity contribution in [3.8, 4) is 5.75 Å². The summed E-state index contributed by atoms with van der Waals surface area (Å²) >= 11 is 0. The molecular formula is C26H33N3O3. The van der Waals surface area contributed by atoms with Gasteiger partial charge in [0.15, 0.2) is 0 Å². The van der Waals surface area contributed by atoms with Crippen LogP contribution in [-0.2, 0) is 9.59 Å². The fourth-order valence-corrected chi connectivity index (χ4v) is 4.23. The number of aromatic amines is 1. The number of methoxy groups -OCH3 is 1. The van der Waals surface area contributed by atoms with Gasteiger partial charge in [0.25, 0.3) is 0 Å². The number of nitrogens with one attached hydrogen (secondary N) is 2. The molecule has 2 unspecified atom stereocenters. The lowest BCUT2D eigenvalue weighted by Gasteiger charge is -2.32. The third-order valence-electron chi connectivity index (χ3n) is 5.61. The number of H-pyrrole nitrogens is 1. The topological polar surface area (TPSA) is 74.4 Å². The summed E-state index contributed by atoms with van der Waals surface area (Å²) in [6.45, 7) is 7.87. The molecule has 3 aromatic rings. The summed E-state index contributed by atoms with van der Waals surface area (Å²) in [5, 5.41) is 4.00. The van der Waals surface area contributed by atoms with E-state index < -0.39 is 6.04 Å². The van der Waals surface area contributed by atoms with Crippen molar-refractivity contribution in [2.24, 2.45) is 5.92 Å². The summed E-state index contributed by atoms with van der Waals surface area (Å²) in [5.74, 6) is 0.981. The quantitative estimate of drug-likeness (QED) is 0.484. The molecule has 1 heterocycles. The van der Waals surface area contributed by atoms with Crippen molar-refractivity contribution < 1.29 is 14.3 Å². The Hall–Kier alpha value is -3.28. The number of rotatable bonds is 9. The Kier molecular flexibility index (Phi) is 7.57. The molecule has 0 saturated heterocycles. The minimum atomic E-state index is -0.421. The Morgan fingerprint density at radius 3 is 2.41 bits per heavy atom. The first kappa shape index (κ1) is 23.4. The maximum atomic E-state index is 13.7. The molecular weight excluding hydrogens is 402 g/mol. The lowest BCUT2D eigenvalue weighted by molar-refractivity contribution is -0.121. The largest absolute Gasteiger partial charge is 0.497 e. The SMILES string of the molecule is COc1ccc(C(CC(=O)N(c2ccc3[nH]ccc3c2)C(C)CC(C)C)NC(C)=O)cc1. The van der Waals surface area contributed by atoms with Gasteiger partial charge in [-0.1, -0.05) is 26.0 Å². The highest BCUT2D eigenvalue weighted by atomic mass is 16.5. The minimum Gasteiger partial charge on any atom is -0.497 e. The fourth-order valence-electron chi connectivity index (χ4n) is 4.23. The molecule has 2 amide bonds. The zero-order valence-corrected chi connectivity index (χ0v) is 19.5. The standard InChI is InChI=1S/C26H33N3O3/c1-17(2)14-18(3)29(22-8-11-24-21(15-22)12-13-27-24)26(31)16-25(28-19(4)30)20-6-9-23(32-5)10-7-20/h6-13,15,17-18,25,27H,14,16H2,1-5H3,(H,28,30). The Balaban J connectivity index is 1.92. The Morgan fingerprint density at radius 1 is 1.06 bits per heavy atom. The molecule has 0 fully saturated rings. The zero-order chi connectivity index (χ0) is 23.3. The number of ether oxygens (including phenoxy) is 1. The first-order valence-corrected chi connectivity index (χ1v) is 11.1. The van der Waals surface area contributed by atoms with E-state index in [-0.39, 0.29) is 24.3 Å². The second kappa shape index (κ2) is 10.4. The van der Waals surface area contributed by atoms with Crippen LogP contribution in [0.4, 0.5) is 5.69 Å². The van der Waals surface area contributed by atoms with Crippen molar-refractivity contribution in [3.63, 3.8) is 0 Å². The molecule has 0 bridgehead atoms. The molecule has 6 heteroatoms. The number of hydrogen-bond donors (Lipinski definition) is 2. The first-order valence-electron chi connectivity index (χ1n) is 11.1. The maximum Gasteiger partial charge on any atom is 0.229 e. The van der Waals surface area contributed by atoms with Crippen molar-refractivity contribution in [1.29, 1.82) is 0 Å². The third kappa shape index (κ3) is 5.69. The molecule has 6 nitrogen and oxygen atoms in total. The smallest absolute Gasteiger partial charge is 0.229 e. The van der Waals surface area contributed by atoms with E-state index in [2.05, 4.69) is 31.1 Å². The number of carbonyl (C=O) groups is 2. The van der Waals surface area contributed by atoms with Crippen LogP contribution in [0.1, 0.15) is 52.1 Å². The van der Waals surface area contributed by atoms with Gasteiger partial charge in [0.2, 0.25) is 11.8 Å². The molecule has 0 radical (unpaired) electrons. The molecule has 3 rings (SSSR count). The van der Waals surface area contributed by atoms with Gasteiger partial charge in [0.1, 0.15) is 5.75 Å². The molecule has 2 atom stereocenters. The van der Waals surface area contributed by atoms with Gasteiger partial charge in [0, 0.05) is 35.8 Å². The summed E-state index contributed by atoms with van der Waals surface area (Å²) in [6, 6.07) is 15.1. The minimum absolute atomic E-state index is 0.0211. The van der Waals surface area contributed by atoms with E-state index in [0.29, 0.717) is 5.92 Å². The van der Waals surface area contributed by atoms with Crippen LogP contribution in [0.25, 0.3) is 10.9 Å². The van der Waals surface area contributed by atoms with E-state index in [4.69, 9.17) is 4.74 Å². The number of aromatic nitrogens is 1. The van der Waals surface area contributed by atoms with Crippen molar-refractivity contribution in [3.05, 3.63) is 60.3 Å². The molecule has 32 heavy (non-hydrogen) atoms. The number of hydrogen-bond acceptors (Lipinski definition) is 3. The molecule has 2 N–H and O–H groups in total. The highest BCUT2D eigenvalue weighted by molar-refractivity contribution is 5.97. The molecule has 0 aliphatic rings. The van der Waals surface area contributed by atoms with Crippen LogP contribution in [0.2, 0.25) is 0 Å². The Labute approximate surface area is 190 Å². The summed E-state index contributed by atoms with van der Waals surface area (Å²) in [6.07, 6.45) is 2.94. The van der Waals surface area contributed by atoms with Gasteiger partial charge >= 0.3 is 0 Å². The van der Waals surface area contributed by atoms with Crippen LogP contribution < -0.4 is 15.0 Å². The molecule has 0 spiro atoms. The molecule has 0 aliphatic carbocycles. The van der Waals surface area contributed by atoms with E-state index in [1.807, 2.05) is 59.6 Å². The van der Waals surface area contributed by atoms with Gasteiger partial charge in [-0.3, -0.25) is 9.59 Å². The first-order chi connectivity index (χ1) is 15.3. The predicted molar refractivity (Wildman–Crippen MR) is 129 cm³/mol. The van der Waals surface area contributed by atoms with Crippen molar-refractivity contribution >= 4 is 28.4 Å². The van der Waals surface area contributed by atoms with E-state index in [1.54, 1.807) is 7.11 Å². The highest BCUT2D eigenvalue weighted by Gasteiger charge is 2.27. The van der Waals surface area contributed by atoms with E-state index >= 15 is 0 Å². The zero-order valence-electron chi connectivity index (χ0n) is 19.5. The second-order valence-corrected chi connectivity index (χ2v) is 8.72.